The van der Waals surface area contributed by atoms with Crippen LogP contribution >= 0.6 is 15.6 Å². The molecule has 0 bridgehead atoms. The Morgan fingerprint density at radius 2 is 0.500 bits per heavy atom. The molecule has 0 spiro atoms. The second-order valence-electron chi connectivity index (χ2n) is 27.8. The Kier molecular flexibility index (Phi) is 62.4. The number of phosphoric acid groups is 2. The van der Waals surface area contributed by atoms with Gasteiger partial charge >= 0.3 is 39.5 Å². The lowest BCUT2D eigenvalue weighted by molar-refractivity contribution is -0.161. The first-order valence-electron chi connectivity index (χ1n) is 37.8. The Labute approximate surface area is 562 Å². The van der Waals surface area contributed by atoms with Crippen molar-refractivity contribution >= 4 is 39.5 Å². The highest BCUT2D eigenvalue weighted by molar-refractivity contribution is 7.47. The first-order chi connectivity index (χ1) is 44.2. The standard InChI is InChI=1S/C73H142O17P2/c1-8-9-10-11-12-13-16-26-33-40-47-54-70(75)83-60-69(90-73(78)57-50-43-36-29-22-20-25-32-39-46-53-66(6)7)63-88-92(81,82)86-59-67(74)58-85-91(79,80)87-62-68(61-84-71(76)55-48-41-34-27-21-19-24-31-38-45-52-65(4)5)89-72(77)56-49-42-35-28-18-15-14-17-23-30-37-44-51-64(2)3/h64-69,74H,8-63H2,1-7H3,(H,79,80)(H,81,82)/t67-,68-,69-/m1/s1. The monoisotopic (exact) mass is 1350 g/mol. The molecule has 0 aromatic rings. The highest BCUT2D eigenvalue weighted by atomic mass is 31.2. The van der Waals surface area contributed by atoms with Crippen LogP contribution in [0.5, 0.6) is 0 Å². The van der Waals surface area contributed by atoms with Gasteiger partial charge in [0.05, 0.1) is 26.4 Å². The molecule has 0 amide bonds. The van der Waals surface area contributed by atoms with E-state index in [1.807, 2.05) is 0 Å². The molecule has 0 aromatic heterocycles. The van der Waals surface area contributed by atoms with E-state index < -0.39 is 97.5 Å². The minimum atomic E-state index is -4.95. The Bertz CT molecular complexity index is 1800. The molecule has 0 aliphatic heterocycles. The SMILES string of the molecule is CCCCCCCCCCCCCC(=O)OC[C@H](COP(=O)(O)OC[C@H](O)COP(=O)(O)OC[C@@H](COC(=O)CCCCCCCCCCCCC(C)C)OC(=O)CCCCCCCCCCCCCCC(C)C)OC(=O)CCCCCCCCCCCCC(C)C. The maximum atomic E-state index is 13.1. The molecule has 0 fully saturated rings. The van der Waals surface area contributed by atoms with Gasteiger partial charge in [0, 0.05) is 25.7 Å². The van der Waals surface area contributed by atoms with Crippen molar-refractivity contribution in [3.63, 3.8) is 0 Å². The lowest BCUT2D eigenvalue weighted by Gasteiger charge is -2.21. The quantitative estimate of drug-likeness (QED) is 0.0222. The van der Waals surface area contributed by atoms with Crippen LogP contribution in [0.25, 0.3) is 0 Å². The molecule has 0 aromatic carbocycles. The molecule has 0 saturated heterocycles. The number of unbranched alkanes of at least 4 members (excludes halogenated alkanes) is 39. The number of aliphatic hydroxyl groups is 1. The van der Waals surface area contributed by atoms with E-state index >= 15 is 0 Å². The van der Waals surface area contributed by atoms with Crippen LogP contribution in [-0.4, -0.2) is 96.7 Å². The molecular weight excluding hydrogens is 1210 g/mol. The highest BCUT2D eigenvalue weighted by Crippen LogP contribution is 2.45. The average molecular weight is 1350 g/mol. The van der Waals surface area contributed by atoms with Crippen LogP contribution in [0.1, 0.15) is 370 Å². The largest absolute Gasteiger partial charge is 0.472 e. The molecule has 5 atom stereocenters. The summed E-state index contributed by atoms with van der Waals surface area (Å²) in [7, 11) is -9.91. The number of carbonyl (C=O) groups excluding carboxylic acids is 4. The van der Waals surface area contributed by atoms with Gasteiger partial charge in [-0.15, -0.1) is 0 Å². The fourth-order valence-electron chi connectivity index (χ4n) is 11.1. The highest BCUT2D eigenvalue weighted by Gasteiger charge is 2.30. The normalized spacial score (nSPS) is 14.1. The number of aliphatic hydroxyl groups excluding tert-OH is 1. The third-order valence-electron chi connectivity index (χ3n) is 16.9. The van der Waals surface area contributed by atoms with E-state index in [1.54, 1.807) is 0 Å². The van der Waals surface area contributed by atoms with Crippen molar-refractivity contribution in [1.82, 2.24) is 0 Å². The van der Waals surface area contributed by atoms with Crippen molar-refractivity contribution < 1.29 is 80.2 Å². The second kappa shape index (κ2) is 63.8. The fraction of sp³-hybridized carbons (Fsp3) is 0.945. The second-order valence-corrected chi connectivity index (χ2v) is 30.7. The first-order valence-corrected chi connectivity index (χ1v) is 40.8. The van der Waals surface area contributed by atoms with Gasteiger partial charge in [0.2, 0.25) is 0 Å². The summed E-state index contributed by atoms with van der Waals surface area (Å²) in [4.78, 5) is 72.7. The van der Waals surface area contributed by atoms with E-state index in [0.717, 1.165) is 108 Å². The van der Waals surface area contributed by atoms with Gasteiger partial charge in [0.1, 0.15) is 19.3 Å². The Hall–Kier alpha value is -1.94. The number of rotatable bonds is 71. The van der Waals surface area contributed by atoms with Crippen molar-refractivity contribution in [1.29, 1.82) is 0 Å². The maximum Gasteiger partial charge on any atom is 0.472 e. The van der Waals surface area contributed by atoms with Crippen molar-refractivity contribution in [2.24, 2.45) is 17.8 Å². The zero-order valence-corrected chi connectivity index (χ0v) is 61.8. The van der Waals surface area contributed by atoms with Gasteiger partial charge in [-0.25, -0.2) is 9.13 Å². The number of hydrogen-bond acceptors (Lipinski definition) is 15. The van der Waals surface area contributed by atoms with Crippen LogP contribution < -0.4 is 0 Å². The summed E-state index contributed by atoms with van der Waals surface area (Å²) in [5.74, 6) is 0.167. The lowest BCUT2D eigenvalue weighted by Crippen LogP contribution is -2.30. The van der Waals surface area contributed by atoms with Crippen molar-refractivity contribution in [2.45, 2.75) is 388 Å². The molecule has 0 rings (SSSR count). The first kappa shape index (κ1) is 90.1. The summed E-state index contributed by atoms with van der Waals surface area (Å²) < 4.78 is 68.4. The molecule has 546 valence electrons. The number of hydrogen-bond donors (Lipinski definition) is 3. The van der Waals surface area contributed by atoms with Gasteiger partial charge in [-0.1, -0.05) is 318 Å². The van der Waals surface area contributed by atoms with Crippen molar-refractivity contribution in [3.05, 3.63) is 0 Å². The van der Waals surface area contributed by atoms with E-state index in [2.05, 4.69) is 48.5 Å². The predicted molar refractivity (Wildman–Crippen MR) is 372 cm³/mol. The van der Waals surface area contributed by atoms with Crippen LogP contribution in [0.15, 0.2) is 0 Å². The Morgan fingerprint density at radius 3 is 0.739 bits per heavy atom. The molecule has 19 heteroatoms. The summed E-state index contributed by atoms with van der Waals surface area (Å²) in [5.41, 5.74) is 0. The molecule has 17 nitrogen and oxygen atoms in total. The topological polar surface area (TPSA) is 237 Å². The molecular formula is C73H142O17P2. The van der Waals surface area contributed by atoms with E-state index in [1.165, 1.54) is 180 Å². The smallest absolute Gasteiger partial charge is 0.462 e. The number of phosphoric ester groups is 2. The Balaban J connectivity index is 5.27. The van der Waals surface area contributed by atoms with Gasteiger partial charge in [0.25, 0.3) is 0 Å². The third-order valence-corrected chi connectivity index (χ3v) is 18.8. The van der Waals surface area contributed by atoms with Crippen LogP contribution in [-0.2, 0) is 65.4 Å². The molecule has 0 aliphatic carbocycles. The summed E-state index contributed by atoms with van der Waals surface area (Å²) >= 11 is 0. The predicted octanol–water partition coefficient (Wildman–Crippen LogP) is 21.0. The Morgan fingerprint density at radius 1 is 0.293 bits per heavy atom. The van der Waals surface area contributed by atoms with E-state index in [-0.39, 0.29) is 25.7 Å². The molecule has 0 heterocycles. The lowest BCUT2D eigenvalue weighted by atomic mass is 10.0. The molecule has 0 aliphatic rings. The molecule has 0 saturated carbocycles. The summed E-state index contributed by atoms with van der Waals surface area (Å²) in [5, 5.41) is 10.6. The summed E-state index contributed by atoms with van der Waals surface area (Å²) in [6.07, 6.45) is 48.4. The van der Waals surface area contributed by atoms with E-state index in [0.29, 0.717) is 25.7 Å². The maximum absolute atomic E-state index is 13.1. The minimum Gasteiger partial charge on any atom is -0.462 e. The van der Waals surface area contributed by atoms with Gasteiger partial charge in [-0.05, 0) is 43.4 Å². The molecule has 3 N–H and O–H groups in total. The van der Waals surface area contributed by atoms with Crippen LogP contribution in [0.2, 0.25) is 0 Å². The van der Waals surface area contributed by atoms with Gasteiger partial charge < -0.3 is 33.8 Å². The molecule has 2 unspecified atom stereocenters. The summed E-state index contributed by atoms with van der Waals surface area (Å²) in [6.45, 7) is 11.9. The van der Waals surface area contributed by atoms with Gasteiger partial charge in [-0.2, -0.15) is 0 Å². The van der Waals surface area contributed by atoms with Gasteiger partial charge in [-0.3, -0.25) is 37.3 Å². The zero-order valence-electron chi connectivity index (χ0n) is 60.0. The third kappa shape index (κ3) is 66.7. The summed E-state index contributed by atoms with van der Waals surface area (Å²) in [6, 6.07) is 0. The van der Waals surface area contributed by atoms with E-state index in [4.69, 9.17) is 37.0 Å². The fourth-order valence-corrected chi connectivity index (χ4v) is 12.7. The average Bonchev–Trinajstić information content (AvgIpc) is 2.60. The molecule has 92 heavy (non-hydrogen) atoms. The van der Waals surface area contributed by atoms with E-state index in [9.17, 15) is 43.2 Å². The van der Waals surface area contributed by atoms with Crippen molar-refractivity contribution in [3.8, 4) is 0 Å². The van der Waals surface area contributed by atoms with Crippen LogP contribution in [0, 0.1) is 17.8 Å². The van der Waals surface area contributed by atoms with Crippen LogP contribution in [0.3, 0.4) is 0 Å². The number of carbonyl (C=O) groups is 4. The van der Waals surface area contributed by atoms with Gasteiger partial charge in [0.15, 0.2) is 12.2 Å². The minimum absolute atomic E-state index is 0.106. The van der Waals surface area contributed by atoms with Crippen LogP contribution in [0.4, 0.5) is 0 Å². The number of esters is 4. The molecule has 0 radical (unpaired) electrons. The zero-order chi connectivity index (χ0) is 68.0. The van der Waals surface area contributed by atoms with Crippen molar-refractivity contribution in [2.75, 3.05) is 39.6 Å². The number of ether oxygens (including phenoxy) is 4.